The topological polar surface area (TPSA) is 124 Å². The second-order valence-electron chi connectivity index (χ2n) is 4.50. The molecule has 0 radical (unpaired) electrons. The number of nitrogens with zero attached hydrogens (tertiary/aromatic N) is 3. The third-order valence-electron chi connectivity index (χ3n) is 3.00. The Labute approximate surface area is 128 Å². The Hall–Kier alpha value is -2.68. The fraction of sp³-hybridized carbons (Fsp3) is 0.0769. The molecule has 3 rings (SSSR count). The van der Waals surface area contributed by atoms with Crippen LogP contribution < -0.4 is 11.5 Å². The smallest absolute Gasteiger partial charge is 0.248 e. The van der Waals surface area contributed by atoms with Gasteiger partial charge in [0.25, 0.3) is 0 Å². The highest BCUT2D eigenvalue weighted by Crippen LogP contribution is 2.29. The number of hydrogen-bond donors (Lipinski definition) is 3. The zero-order valence-electron chi connectivity index (χ0n) is 11.2. The van der Waals surface area contributed by atoms with Crippen molar-refractivity contribution in [3.05, 3.63) is 41.2 Å². The minimum absolute atomic E-state index is 0.137. The highest BCUT2D eigenvalue weighted by molar-refractivity contribution is 7.98. The van der Waals surface area contributed by atoms with Crippen molar-refractivity contribution in [1.29, 1.82) is 0 Å². The van der Waals surface area contributed by atoms with Gasteiger partial charge in [0, 0.05) is 16.2 Å². The monoisotopic (exact) mass is 318 g/mol. The first-order chi connectivity index (χ1) is 10.5. The number of primary amides is 1. The van der Waals surface area contributed by atoms with Crippen LogP contribution in [0.4, 0.5) is 10.2 Å². The van der Waals surface area contributed by atoms with Crippen molar-refractivity contribution in [3.63, 3.8) is 0 Å². The average molecular weight is 318 g/mol. The van der Waals surface area contributed by atoms with E-state index in [-0.39, 0.29) is 5.56 Å². The Balaban J connectivity index is 1.85. The van der Waals surface area contributed by atoms with Crippen molar-refractivity contribution in [2.45, 2.75) is 10.6 Å². The number of nitrogens with one attached hydrogen (secondary N) is 1. The van der Waals surface area contributed by atoms with Crippen LogP contribution in [0.1, 0.15) is 15.9 Å². The molecule has 0 aliphatic rings. The molecule has 0 aliphatic heterocycles. The lowest BCUT2D eigenvalue weighted by Crippen LogP contribution is -2.11. The first-order valence-corrected chi connectivity index (χ1v) is 7.21. The predicted molar refractivity (Wildman–Crippen MR) is 80.6 cm³/mol. The standard InChI is InChI=1S/C13H11FN6OS/c14-8-3-6(12(16)21)1-2-7(8)5-22-9-4-10(15)17-13-11(9)18-20-19-13/h1-4H,5H2,(H2,16,21)(H3,15,17,18,19,20). The van der Waals surface area contributed by atoms with Gasteiger partial charge in [-0.05, 0) is 23.8 Å². The van der Waals surface area contributed by atoms with E-state index >= 15 is 0 Å². The number of nitrogen functional groups attached to an aromatic ring is 1. The molecule has 1 amide bonds. The highest BCUT2D eigenvalue weighted by atomic mass is 32.2. The summed E-state index contributed by atoms with van der Waals surface area (Å²) in [5.74, 6) is -0.490. The van der Waals surface area contributed by atoms with E-state index in [9.17, 15) is 9.18 Å². The van der Waals surface area contributed by atoms with Gasteiger partial charge in [0.2, 0.25) is 11.6 Å². The summed E-state index contributed by atoms with van der Waals surface area (Å²) < 4.78 is 14.0. The molecule has 9 heteroatoms. The number of hydrogen-bond acceptors (Lipinski definition) is 6. The number of rotatable bonds is 4. The largest absolute Gasteiger partial charge is 0.384 e. The van der Waals surface area contributed by atoms with Gasteiger partial charge < -0.3 is 11.5 Å². The summed E-state index contributed by atoms with van der Waals surface area (Å²) in [4.78, 5) is 15.8. The molecule has 3 aromatic rings. The Morgan fingerprint density at radius 1 is 1.32 bits per heavy atom. The minimum Gasteiger partial charge on any atom is -0.384 e. The molecule has 0 saturated carbocycles. The van der Waals surface area contributed by atoms with Crippen molar-refractivity contribution in [1.82, 2.24) is 20.4 Å². The molecule has 0 spiro atoms. The lowest BCUT2D eigenvalue weighted by atomic mass is 10.1. The molecule has 112 valence electrons. The van der Waals surface area contributed by atoms with Crippen LogP contribution in [0.25, 0.3) is 11.2 Å². The van der Waals surface area contributed by atoms with E-state index in [2.05, 4.69) is 20.4 Å². The lowest BCUT2D eigenvalue weighted by Gasteiger charge is -2.06. The maximum atomic E-state index is 14.0. The third kappa shape index (κ3) is 2.70. The van der Waals surface area contributed by atoms with Crippen molar-refractivity contribution < 1.29 is 9.18 Å². The quantitative estimate of drug-likeness (QED) is 0.626. The summed E-state index contributed by atoms with van der Waals surface area (Å²) in [7, 11) is 0. The van der Waals surface area contributed by atoms with Gasteiger partial charge in [-0.2, -0.15) is 10.3 Å². The molecule has 0 atom stereocenters. The molecule has 22 heavy (non-hydrogen) atoms. The normalized spacial score (nSPS) is 11.0. The number of pyridine rings is 1. The van der Waals surface area contributed by atoms with Crippen LogP contribution in [0.2, 0.25) is 0 Å². The van der Waals surface area contributed by atoms with Crippen molar-refractivity contribution in [2.75, 3.05) is 5.73 Å². The summed E-state index contributed by atoms with van der Waals surface area (Å²) in [5, 5.41) is 10.4. The zero-order chi connectivity index (χ0) is 15.7. The van der Waals surface area contributed by atoms with Crippen molar-refractivity contribution >= 4 is 34.7 Å². The summed E-state index contributed by atoms with van der Waals surface area (Å²) in [5.41, 5.74) is 12.4. The maximum Gasteiger partial charge on any atom is 0.248 e. The van der Waals surface area contributed by atoms with Crippen LogP contribution in [0.15, 0.2) is 29.2 Å². The second kappa shape index (κ2) is 5.60. The van der Waals surface area contributed by atoms with Crippen LogP contribution in [0.3, 0.4) is 0 Å². The zero-order valence-corrected chi connectivity index (χ0v) is 12.0. The Morgan fingerprint density at radius 2 is 2.14 bits per heavy atom. The van der Waals surface area contributed by atoms with Crippen molar-refractivity contribution in [2.24, 2.45) is 5.73 Å². The molecule has 7 nitrogen and oxygen atoms in total. The van der Waals surface area contributed by atoms with E-state index in [1.54, 1.807) is 6.07 Å². The maximum absolute atomic E-state index is 14.0. The molecule has 0 fully saturated rings. The summed E-state index contributed by atoms with van der Waals surface area (Å²) in [6.07, 6.45) is 0. The Bertz CT molecular complexity index is 865. The third-order valence-corrected chi connectivity index (χ3v) is 4.08. The van der Waals surface area contributed by atoms with Gasteiger partial charge in [-0.15, -0.1) is 16.9 Å². The molecule has 0 aliphatic carbocycles. The molecular formula is C13H11FN6OS. The predicted octanol–water partition coefficient (Wildman–Crippen LogP) is 1.47. The number of nitrogens with two attached hydrogens (primary N) is 2. The molecular weight excluding hydrogens is 307 g/mol. The molecule has 1 aromatic carbocycles. The van der Waals surface area contributed by atoms with Gasteiger partial charge in [-0.25, -0.2) is 9.37 Å². The van der Waals surface area contributed by atoms with Crippen molar-refractivity contribution in [3.8, 4) is 0 Å². The molecule has 5 N–H and O–H groups in total. The Morgan fingerprint density at radius 3 is 2.86 bits per heavy atom. The number of carbonyl (C=O) groups excluding carboxylic acids is 1. The lowest BCUT2D eigenvalue weighted by molar-refractivity contribution is 0.1000. The van der Waals surface area contributed by atoms with E-state index in [0.717, 1.165) is 11.0 Å². The molecule has 0 saturated heterocycles. The Kier molecular flexibility index (Phi) is 3.63. The van der Waals surface area contributed by atoms with Crippen LogP contribution in [-0.2, 0) is 5.75 Å². The average Bonchev–Trinajstić information content (AvgIpc) is 2.93. The first-order valence-electron chi connectivity index (χ1n) is 6.22. The molecule has 0 unspecified atom stereocenters. The number of thioether (sulfide) groups is 1. The molecule has 2 aromatic heterocycles. The second-order valence-corrected chi connectivity index (χ2v) is 5.52. The summed E-state index contributed by atoms with van der Waals surface area (Å²) in [6.45, 7) is 0. The number of halogens is 1. The number of aromatic nitrogens is 4. The summed E-state index contributed by atoms with van der Waals surface area (Å²) >= 11 is 1.35. The summed E-state index contributed by atoms with van der Waals surface area (Å²) in [6, 6.07) is 5.82. The van der Waals surface area contributed by atoms with Gasteiger partial charge in [0.1, 0.15) is 17.2 Å². The minimum atomic E-state index is -0.663. The number of H-pyrrole nitrogens is 1. The van der Waals surface area contributed by atoms with Crippen LogP contribution in [0, 0.1) is 5.82 Å². The molecule has 2 heterocycles. The molecule has 0 bridgehead atoms. The SMILES string of the molecule is NC(=O)c1ccc(CSc2cc(N)nc3n[nH]nc23)c(F)c1. The highest BCUT2D eigenvalue weighted by Gasteiger charge is 2.11. The van der Waals surface area contributed by atoms with Gasteiger partial charge in [0.15, 0.2) is 0 Å². The number of benzene rings is 1. The van der Waals surface area contributed by atoms with E-state index in [4.69, 9.17) is 11.5 Å². The fourth-order valence-electron chi connectivity index (χ4n) is 1.91. The number of carbonyl (C=O) groups is 1. The van der Waals surface area contributed by atoms with E-state index in [0.29, 0.717) is 28.3 Å². The first kappa shape index (κ1) is 14.3. The van der Waals surface area contributed by atoms with Gasteiger partial charge in [0.05, 0.1) is 0 Å². The van der Waals surface area contributed by atoms with E-state index < -0.39 is 11.7 Å². The van der Waals surface area contributed by atoms with Crippen LogP contribution >= 0.6 is 11.8 Å². The van der Waals surface area contributed by atoms with Gasteiger partial charge in [-0.1, -0.05) is 6.07 Å². The van der Waals surface area contributed by atoms with Crippen LogP contribution in [0.5, 0.6) is 0 Å². The number of fused-ring (bicyclic) bond motifs is 1. The number of amides is 1. The van der Waals surface area contributed by atoms with Gasteiger partial charge in [-0.3, -0.25) is 4.79 Å². The number of aromatic amines is 1. The van der Waals surface area contributed by atoms with E-state index in [1.807, 2.05) is 0 Å². The van der Waals surface area contributed by atoms with Crippen LogP contribution in [-0.4, -0.2) is 26.3 Å². The number of anilines is 1. The van der Waals surface area contributed by atoms with E-state index in [1.165, 1.54) is 23.9 Å². The van der Waals surface area contributed by atoms with Gasteiger partial charge >= 0.3 is 0 Å². The fourth-order valence-corrected chi connectivity index (χ4v) is 2.93.